The SMILES string of the molecule is COCCNCc1cc(OC)c(OCc2ccccc2C)cc1Cl. The Balaban J connectivity index is 2.07. The van der Waals surface area contributed by atoms with Gasteiger partial charge in [-0.2, -0.15) is 0 Å². The highest BCUT2D eigenvalue weighted by Gasteiger charge is 2.11. The zero-order chi connectivity index (χ0) is 17.4. The van der Waals surface area contributed by atoms with Crippen molar-refractivity contribution >= 4 is 11.6 Å². The van der Waals surface area contributed by atoms with Crippen LogP contribution in [0.2, 0.25) is 5.02 Å². The van der Waals surface area contributed by atoms with E-state index in [2.05, 4.69) is 24.4 Å². The van der Waals surface area contributed by atoms with Gasteiger partial charge in [-0.05, 0) is 29.7 Å². The van der Waals surface area contributed by atoms with Crippen LogP contribution in [0, 0.1) is 6.92 Å². The van der Waals surface area contributed by atoms with Crippen molar-refractivity contribution in [1.29, 1.82) is 0 Å². The number of hydrogen-bond donors (Lipinski definition) is 1. The largest absolute Gasteiger partial charge is 0.493 e. The average Bonchev–Trinajstić information content (AvgIpc) is 2.59. The van der Waals surface area contributed by atoms with Gasteiger partial charge in [0, 0.05) is 31.3 Å². The van der Waals surface area contributed by atoms with E-state index in [-0.39, 0.29) is 0 Å². The summed E-state index contributed by atoms with van der Waals surface area (Å²) in [6.45, 7) is 4.62. The number of benzene rings is 2. The van der Waals surface area contributed by atoms with Crippen molar-refractivity contribution in [2.75, 3.05) is 27.4 Å². The third-order valence-electron chi connectivity index (χ3n) is 3.78. The smallest absolute Gasteiger partial charge is 0.163 e. The van der Waals surface area contributed by atoms with Crippen LogP contribution in [-0.2, 0) is 17.9 Å². The number of nitrogens with one attached hydrogen (secondary N) is 1. The lowest BCUT2D eigenvalue weighted by Gasteiger charge is -2.15. The molecule has 0 spiro atoms. The molecular formula is C19H24ClNO3. The summed E-state index contributed by atoms with van der Waals surface area (Å²) < 4.78 is 16.4. The van der Waals surface area contributed by atoms with E-state index in [1.165, 1.54) is 5.56 Å². The quantitative estimate of drug-likeness (QED) is 0.695. The summed E-state index contributed by atoms with van der Waals surface area (Å²) >= 11 is 6.38. The fourth-order valence-corrected chi connectivity index (χ4v) is 2.53. The van der Waals surface area contributed by atoms with Crippen molar-refractivity contribution < 1.29 is 14.2 Å². The topological polar surface area (TPSA) is 39.7 Å². The molecule has 0 aliphatic heterocycles. The zero-order valence-electron chi connectivity index (χ0n) is 14.4. The van der Waals surface area contributed by atoms with Crippen molar-refractivity contribution in [2.45, 2.75) is 20.1 Å². The maximum Gasteiger partial charge on any atom is 0.163 e. The van der Waals surface area contributed by atoms with Gasteiger partial charge >= 0.3 is 0 Å². The van der Waals surface area contributed by atoms with Gasteiger partial charge in [0.25, 0.3) is 0 Å². The van der Waals surface area contributed by atoms with Crippen LogP contribution in [0.15, 0.2) is 36.4 Å². The first-order valence-corrected chi connectivity index (χ1v) is 8.27. The molecule has 24 heavy (non-hydrogen) atoms. The molecular weight excluding hydrogens is 326 g/mol. The molecule has 0 saturated heterocycles. The molecule has 0 heterocycles. The monoisotopic (exact) mass is 349 g/mol. The number of hydrogen-bond acceptors (Lipinski definition) is 4. The molecule has 1 N–H and O–H groups in total. The Hall–Kier alpha value is -1.75. The van der Waals surface area contributed by atoms with Crippen molar-refractivity contribution in [3.63, 3.8) is 0 Å². The normalized spacial score (nSPS) is 10.7. The van der Waals surface area contributed by atoms with Gasteiger partial charge in [-0.3, -0.25) is 0 Å². The molecule has 0 aromatic heterocycles. The first kappa shape index (κ1) is 18.6. The molecule has 0 aliphatic rings. The fourth-order valence-electron chi connectivity index (χ4n) is 2.31. The Morgan fingerprint density at radius 3 is 2.54 bits per heavy atom. The standard InChI is InChI=1S/C19H24ClNO3/c1-14-6-4-5-7-15(14)13-24-19-11-17(20)16(10-18(19)23-3)12-21-8-9-22-2/h4-7,10-11,21H,8-9,12-13H2,1-3H3. The first-order chi connectivity index (χ1) is 11.7. The predicted octanol–water partition coefficient (Wildman–Crippen LogP) is 3.97. The Morgan fingerprint density at radius 1 is 1.04 bits per heavy atom. The van der Waals surface area contributed by atoms with E-state index in [9.17, 15) is 0 Å². The van der Waals surface area contributed by atoms with Crippen molar-refractivity contribution in [3.05, 3.63) is 58.1 Å². The molecule has 0 amide bonds. The Kier molecular flexibility index (Phi) is 7.37. The van der Waals surface area contributed by atoms with E-state index < -0.39 is 0 Å². The molecule has 2 rings (SSSR count). The molecule has 5 heteroatoms. The predicted molar refractivity (Wildman–Crippen MR) is 97.1 cm³/mol. The van der Waals surface area contributed by atoms with Crippen LogP contribution in [0.3, 0.4) is 0 Å². The van der Waals surface area contributed by atoms with Crippen molar-refractivity contribution in [2.24, 2.45) is 0 Å². The molecule has 0 saturated carbocycles. The Bertz CT molecular complexity index is 661. The summed E-state index contributed by atoms with van der Waals surface area (Å²) in [5.74, 6) is 1.32. The Labute approximate surface area is 148 Å². The van der Waals surface area contributed by atoms with Crippen molar-refractivity contribution in [3.8, 4) is 11.5 Å². The highest BCUT2D eigenvalue weighted by Crippen LogP contribution is 2.34. The highest BCUT2D eigenvalue weighted by molar-refractivity contribution is 6.31. The lowest BCUT2D eigenvalue weighted by molar-refractivity contribution is 0.199. The van der Waals surface area contributed by atoms with Gasteiger partial charge in [0.15, 0.2) is 11.5 Å². The molecule has 4 nitrogen and oxygen atoms in total. The number of methoxy groups -OCH3 is 2. The minimum absolute atomic E-state index is 0.477. The van der Waals surface area contributed by atoms with Gasteiger partial charge in [0.05, 0.1) is 13.7 Å². The molecule has 2 aromatic carbocycles. The van der Waals surface area contributed by atoms with Gasteiger partial charge in [0.2, 0.25) is 0 Å². The molecule has 0 bridgehead atoms. The molecule has 0 aliphatic carbocycles. The second-order valence-corrected chi connectivity index (χ2v) is 5.89. The van der Waals surface area contributed by atoms with Gasteiger partial charge in [0.1, 0.15) is 6.61 Å². The van der Waals surface area contributed by atoms with Crippen LogP contribution in [0.5, 0.6) is 11.5 Å². The number of halogens is 1. The van der Waals surface area contributed by atoms with Gasteiger partial charge in [-0.1, -0.05) is 35.9 Å². The molecule has 130 valence electrons. The van der Waals surface area contributed by atoms with E-state index in [1.807, 2.05) is 24.3 Å². The van der Waals surface area contributed by atoms with Crippen LogP contribution in [-0.4, -0.2) is 27.4 Å². The molecule has 0 atom stereocenters. The van der Waals surface area contributed by atoms with E-state index in [0.717, 1.165) is 17.7 Å². The van der Waals surface area contributed by atoms with Gasteiger partial charge in [-0.15, -0.1) is 0 Å². The van der Waals surface area contributed by atoms with Crippen LogP contribution in [0.25, 0.3) is 0 Å². The van der Waals surface area contributed by atoms with Crippen LogP contribution in [0.4, 0.5) is 0 Å². The lowest BCUT2D eigenvalue weighted by atomic mass is 10.1. The molecule has 0 fully saturated rings. The second kappa shape index (κ2) is 9.52. The van der Waals surface area contributed by atoms with Crippen LogP contribution < -0.4 is 14.8 Å². The summed E-state index contributed by atoms with van der Waals surface area (Å²) in [5.41, 5.74) is 3.30. The maximum atomic E-state index is 6.38. The first-order valence-electron chi connectivity index (χ1n) is 7.89. The lowest BCUT2D eigenvalue weighted by Crippen LogP contribution is -2.18. The van der Waals surface area contributed by atoms with Crippen LogP contribution in [0.1, 0.15) is 16.7 Å². The summed E-state index contributed by atoms with van der Waals surface area (Å²) in [7, 11) is 3.31. The fraction of sp³-hybridized carbons (Fsp3) is 0.368. The molecule has 0 radical (unpaired) electrons. The van der Waals surface area contributed by atoms with E-state index >= 15 is 0 Å². The van der Waals surface area contributed by atoms with Gasteiger partial charge in [-0.25, -0.2) is 0 Å². The maximum absolute atomic E-state index is 6.38. The van der Waals surface area contributed by atoms with E-state index in [0.29, 0.717) is 36.3 Å². The van der Waals surface area contributed by atoms with Crippen molar-refractivity contribution in [1.82, 2.24) is 5.32 Å². The van der Waals surface area contributed by atoms with E-state index in [1.54, 1.807) is 14.2 Å². The molecule has 2 aromatic rings. The van der Waals surface area contributed by atoms with Crippen LogP contribution >= 0.6 is 11.6 Å². The minimum atomic E-state index is 0.477. The summed E-state index contributed by atoms with van der Waals surface area (Å²) in [4.78, 5) is 0. The number of aryl methyl sites for hydroxylation is 1. The second-order valence-electron chi connectivity index (χ2n) is 5.48. The van der Waals surface area contributed by atoms with Gasteiger partial charge < -0.3 is 19.5 Å². The average molecular weight is 350 g/mol. The third-order valence-corrected chi connectivity index (χ3v) is 4.13. The minimum Gasteiger partial charge on any atom is -0.493 e. The molecule has 0 unspecified atom stereocenters. The summed E-state index contributed by atoms with van der Waals surface area (Å²) in [6.07, 6.45) is 0. The van der Waals surface area contributed by atoms with E-state index in [4.69, 9.17) is 25.8 Å². The number of rotatable bonds is 9. The Morgan fingerprint density at radius 2 is 1.83 bits per heavy atom. The third kappa shape index (κ3) is 5.13. The zero-order valence-corrected chi connectivity index (χ0v) is 15.2. The highest BCUT2D eigenvalue weighted by atomic mass is 35.5. The summed E-state index contributed by atoms with van der Waals surface area (Å²) in [5, 5.41) is 3.93. The summed E-state index contributed by atoms with van der Waals surface area (Å²) in [6, 6.07) is 11.9. The number of ether oxygens (including phenoxy) is 3.